The Bertz CT molecular complexity index is 887. The molecule has 2 aromatic rings. The molecule has 0 heterocycles. The molecule has 0 fully saturated rings. The van der Waals surface area contributed by atoms with Crippen LogP contribution in [0.3, 0.4) is 0 Å². The van der Waals surface area contributed by atoms with Crippen LogP contribution < -0.4 is 14.8 Å². The summed E-state index contributed by atoms with van der Waals surface area (Å²) in [5, 5.41) is 3.78. The number of nitrogens with one attached hydrogen (secondary N) is 1. The van der Waals surface area contributed by atoms with Crippen molar-refractivity contribution in [1.82, 2.24) is 10.2 Å². The Morgan fingerprint density at radius 2 is 1.69 bits per heavy atom. The number of ether oxygens (including phenoxy) is 2. The molecular weight excluding hydrogens is 451 g/mol. The molecule has 1 unspecified atom stereocenters. The second kappa shape index (κ2) is 13.2. The SMILES string of the molecule is CCCCNC(=O)C(CC)N(Cc1c(Cl)cccc1Cl)C(=O)COc1ccccc1OC. The molecule has 2 rings (SSSR count). The fourth-order valence-corrected chi connectivity index (χ4v) is 3.76. The molecule has 32 heavy (non-hydrogen) atoms. The van der Waals surface area contributed by atoms with Crippen LogP contribution in [0, 0.1) is 0 Å². The summed E-state index contributed by atoms with van der Waals surface area (Å²) >= 11 is 12.7. The molecule has 1 atom stereocenters. The molecule has 6 nitrogen and oxygen atoms in total. The van der Waals surface area contributed by atoms with Crippen molar-refractivity contribution < 1.29 is 19.1 Å². The number of carbonyl (C=O) groups excluding carboxylic acids is 2. The van der Waals surface area contributed by atoms with Gasteiger partial charge in [-0.3, -0.25) is 9.59 Å². The molecule has 174 valence electrons. The fourth-order valence-electron chi connectivity index (χ4n) is 3.24. The van der Waals surface area contributed by atoms with E-state index < -0.39 is 6.04 Å². The average molecular weight is 481 g/mol. The van der Waals surface area contributed by atoms with Crippen LogP contribution in [-0.4, -0.2) is 43.0 Å². The van der Waals surface area contributed by atoms with Gasteiger partial charge in [-0.15, -0.1) is 0 Å². The van der Waals surface area contributed by atoms with Gasteiger partial charge < -0.3 is 19.7 Å². The molecule has 2 amide bonds. The molecular formula is C24H30Cl2N2O4. The van der Waals surface area contributed by atoms with Gasteiger partial charge >= 0.3 is 0 Å². The number of benzene rings is 2. The number of methoxy groups -OCH3 is 1. The third kappa shape index (κ3) is 7.04. The minimum atomic E-state index is -0.687. The van der Waals surface area contributed by atoms with E-state index in [1.807, 2.05) is 19.9 Å². The number of nitrogens with zero attached hydrogens (tertiary/aromatic N) is 1. The van der Waals surface area contributed by atoms with Crippen LogP contribution >= 0.6 is 23.2 Å². The fraction of sp³-hybridized carbons (Fsp3) is 0.417. The highest BCUT2D eigenvalue weighted by molar-refractivity contribution is 6.36. The van der Waals surface area contributed by atoms with Gasteiger partial charge in [-0.1, -0.05) is 61.7 Å². The van der Waals surface area contributed by atoms with E-state index in [0.29, 0.717) is 40.1 Å². The Kier molecular flexibility index (Phi) is 10.6. The maximum atomic E-state index is 13.3. The van der Waals surface area contributed by atoms with Crippen LogP contribution in [0.1, 0.15) is 38.7 Å². The van der Waals surface area contributed by atoms with Gasteiger partial charge in [-0.25, -0.2) is 0 Å². The Labute approximate surface area is 199 Å². The lowest BCUT2D eigenvalue weighted by Crippen LogP contribution is -2.50. The topological polar surface area (TPSA) is 67.9 Å². The van der Waals surface area contributed by atoms with Crippen molar-refractivity contribution in [2.24, 2.45) is 0 Å². The van der Waals surface area contributed by atoms with Crippen molar-refractivity contribution in [3.8, 4) is 11.5 Å². The third-order valence-electron chi connectivity index (χ3n) is 5.03. The quantitative estimate of drug-likeness (QED) is 0.428. The smallest absolute Gasteiger partial charge is 0.261 e. The Hall–Kier alpha value is -2.44. The van der Waals surface area contributed by atoms with Crippen LogP contribution in [0.5, 0.6) is 11.5 Å². The van der Waals surface area contributed by atoms with E-state index in [9.17, 15) is 9.59 Å². The predicted molar refractivity (Wildman–Crippen MR) is 127 cm³/mol. The number of rotatable bonds is 12. The number of halogens is 2. The lowest BCUT2D eigenvalue weighted by atomic mass is 10.1. The molecule has 0 aliphatic heterocycles. The first-order valence-electron chi connectivity index (χ1n) is 10.7. The number of carbonyl (C=O) groups is 2. The normalized spacial score (nSPS) is 11.5. The van der Waals surface area contributed by atoms with E-state index >= 15 is 0 Å². The molecule has 0 spiro atoms. The Morgan fingerprint density at radius 1 is 1.03 bits per heavy atom. The molecule has 0 bridgehead atoms. The van der Waals surface area contributed by atoms with Gasteiger partial charge in [0.25, 0.3) is 5.91 Å². The van der Waals surface area contributed by atoms with Gasteiger partial charge in [-0.2, -0.15) is 0 Å². The standard InChI is InChI=1S/C24H30Cl2N2O4/c1-4-6-14-27-24(30)20(5-2)28(15-17-18(25)10-9-11-19(17)26)23(29)16-32-22-13-8-7-12-21(22)31-3/h7-13,20H,4-6,14-16H2,1-3H3,(H,27,30). The number of hydrogen-bond donors (Lipinski definition) is 1. The van der Waals surface area contributed by atoms with Crippen LogP contribution in [0.15, 0.2) is 42.5 Å². The highest BCUT2D eigenvalue weighted by atomic mass is 35.5. The largest absolute Gasteiger partial charge is 0.493 e. The van der Waals surface area contributed by atoms with Gasteiger partial charge in [0.1, 0.15) is 6.04 Å². The van der Waals surface area contributed by atoms with Crippen LogP contribution in [0.2, 0.25) is 10.0 Å². The first-order valence-corrected chi connectivity index (χ1v) is 11.4. The molecule has 0 saturated heterocycles. The van der Waals surface area contributed by atoms with Gasteiger partial charge in [0, 0.05) is 28.7 Å². The van der Waals surface area contributed by atoms with Gasteiger partial charge in [-0.05, 0) is 37.1 Å². The molecule has 0 aliphatic carbocycles. The van der Waals surface area contributed by atoms with E-state index in [4.69, 9.17) is 32.7 Å². The van der Waals surface area contributed by atoms with Crippen LogP contribution in [-0.2, 0) is 16.1 Å². The Morgan fingerprint density at radius 3 is 2.28 bits per heavy atom. The second-order valence-electron chi connectivity index (χ2n) is 7.23. The average Bonchev–Trinajstić information content (AvgIpc) is 2.79. The van der Waals surface area contributed by atoms with E-state index in [2.05, 4.69) is 5.32 Å². The summed E-state index contributed by atoms with van der Waals surface area (Å²) in [7, 11) is 1.53. The van der Waals surface area contributed by atoms with Crippen molar-refractivity contribution >= 4 is 35.0 Å². The zero-order valence-corrected chi connectivity index (χ0v) is 20.2. The third-order valence-corrected chi connectivity index (χ3v) is 5.73. The highest BCUT2D eigenvalue weighted by Gasteiger charge is 2.30. The molecule has 8 heteroatoms. The minimum Gasteiger partial charge on any atom is -0.493 e. The summed E-state index contributed by atoms with van der Waals surface area (Å²) in [6.45, 7) is 4.29. The highest BCUT2D eigenvalue weighted by Crippen LogP contribution is 2.28. The molecule has 0 saturated carbocycles. The van der Waals surface area contributed by atoms with E-state index in [1.54, 1.807) is 36.4 Å². The maximum absolute atomic E-state index is 13.3. The summed E-state index contributed by atoms with van der Waals surface area (Å²) in [6.07, 6.45) is 2.26. The maximum Gasteiger partial charge on any atom is 0.261 e. The molecule has 0 radical (unpaired) electrons. The molecule has 0 aromatic heterocycles. The second-order valence-corrected chi connectivity index (χ2v) is 8.04. The molecule has 1 N–H and O–H groups in total. The van der Waals surface area contributed by atoms with Crippen molar-refractivity contribution in [2.75, 3.05) is 20.3 Å². The van der Waals surface area contributed by atoms with Gasteiger partial charge in [0.05, 0.1) is 7.11 Å². The summed E-state index contributed by atoms with van der Waals surface area (Å²) in [5.41, 5.74) is 0.585. The van der Waals surface area contributed by atoms with E-state index in [1.165, 1.54) is 12.0 Å². The van der Waals surface area contributed by atoms with Crippen molar-refractivity contribution in [1.29, 1.82) is 0 Å². The number of unbranched alkanes of at least 4 members (excludes halogenated alkanes) is 1. The van der Waals surface area contributed by atoms with Gasteiger partial charge in [0.15, 0.2) is 18.1 Å². The number of amides is 2. The summed E-state index contributed by atoms with van der Waals surface area (Å²) < 4.78 is 11.0. The first kappa shape index (κ1) is 25.8. The number of para-hydroxylation sites is 2. The lowest BCUT2D eigenvalue weighted by molar-refractivity contribution is -0.143. The zero-order chi connectivity index (χ0) is 23.5. The molecule has 0 aliphatic rings. The van der Waals surface area contributed by atoms with Crippen molar-refractivity contribution in [2.45, 2.75) is 45.7 Å². The van der Waals surface area contributed by atoms with Crippen LogP contribution in [0.4, 0.5) is 0 Å². The van der Waals surface area contributed by atoms with Crippen LogP contribution in [0.25, 0.3) is 0 Å². The minimum absolute atomic E-state index is 0.0896. The zero-order valence-electron chi connectivity index (χ0n) is 18.7. The Balaban J connectivity index is 2.27. The number of hydrogen-bond acceptors (Lipinski definition) is 4. The lowest BCUT2D eigenvalue weighted by Gasteiger charge is -2.31. The molecule has 2 aromatic carbocycles. The summed E-state index contributed by atoms with van der Waals surface area (Å²) in [6, 6.07) is 11.5. The van der Waals surface area contributed by atoms with Crippen molar-refractivity contribution in [3.63, 3.8) is 0 Å². The monoisotopic (exact) mass is 480 g/mol. The van der Waals surface area contributed by atoms with E-state index in [0.717, 1.165) is 12.8 Å². The predicted octanol–water partition coefficient (Wildman–Crippen LogP) is 5.10. The van der Waals surface area contributed by atoms with E-state index in [-0.39, 0.29) is 25.0 Å². The summed E-state index contributed by atoms with van der Waals surface area (Å²) in [4.78, 5) is 27.6. The van der Waals surface area contributed by atoms with Gasteiger partial charge in [0.2, 0.25) is 5.91 Å². The van der Waals surface area contributed by atoms with Crippen molar-refractivity contribution in [3.05, 3.63) is 58.1 Å². The summed E-state index contributed by atoms with van der Waals surface area (Å²) in [5.74, 6) is 0.393. The first-order chi connectivity index (χ1) is 15.4.